The number of allylic oxidation sites excluding steroid dienone is 1. The second-order valence-corrected chi connectivity index (χ2v) is 27.4. The molecule has 0 amide bonds. The second kappa shape index (κ2) is 22.0. The van der Waals surface area contributed by atoms with E-state index in [2.05, 4.69) is 185 Å². The fourth-order valence-electron chi connectivity index (χ4n) is 6.75. The van der Waals surface area contributed by atoms with Crippen molar-refractivity contribution in [1.82, 2.24) is 0 Å². The molecule has 4 unspecified atom stereocenters. The Morgan fingerprint density at radius 2 is 1.25 bits per heavy atom. The van der Waals surface area contributed by atoms with Crippen LogP contribution in [0.5, 0.6) is 0 Å². The van der Waals surface area contributed by atoms with E-state index < -0.39 is 28.8 Å². The molecule has 3 aromatic rings. The van der Waals surface area contributed by atoms with Crippen LogP contribution >= 0.6 is 11.8 Å². The van der Waals surface area contributed by atoms with Crippen molar-refractivity contribution in [2.75, 3.05) is 18.8 Å². The van der Waals surface area contributed by atoms with Crippen molar-refractivity contribution in [1.29, 1.82) is 0 Å². The number of benzene rings is 3. The van der Waals surface area contributed by atoms with E-state index in [1.54, 1.807) is 11.8 Å². The first-order valence-electron chi connectivity index (χ1n) is 20.2. The van der Waals surface area contributed by atoms with Gasteiger partial charge in [0.05, 0.1) is 37.5 Å². The van der Waals surface area contributed by atoms with Crippen LogP contribution in [0.2, 0.25) is 23.2 Å². The summed E-state index contributed by atoms with van der Waals surface area (Å²) in [6.07, 6.45) is 8.53. The zero-order chi connectivity index (χ0) is 41.6. The van der Waals surface area contributed by atoms with Gasteiger partial charge in [0.2, 0.25) is 0 Å². The largest absolute Gasteiger partial charge is 0.410 e. The third-order valence-electron chi connectivity index (χ3n) is 11.3. The van der Waals surface area contributed by atoms with E-state index in [0.717, 1.165) is 16.7 Å². The van der Waals surface area contributed by atoms with E-state index in [9.17, 15) is 5.11 Å². The van der Waals surface area contributed by atoms with Gasteiger partial charge in [-0.05, 0) is 97.0 Å². The summed E-state index contributed by atoms with van der Waals surface area (Å²) in [5, 5.41) is 12.3. The second-order valence-electron chi connectivity index (χ2n) is 17.6. The molecule has 0 fully saturated rings. The van der Waals surface area contributed by atoms with Gasteiger partial charge in [-0.25, -0.2) is 0 Å². The Labute approximate surface area is 347 Å². The lowest BCUT2D eigenvalue weighted by molar-refractivity contribution is -0.105. The van der Waals surface area contributed by atoms with Gasteiger partial charge in [0.1, 0.15) is 6.10 Å². The van der Waals surface area contributed by atoms with Crippen molar-refractivity contribution < 1.29 is 23.4 Å². The van der Waals surface area contributed by atoms with Crippen LogP contribution in [-0.2, 0) is 24.9 Å². The number of rotatable bonds is 21. The van der Waals surface area contributed by atoms with Crippen molar-refractivity contribution >= 4 is 38.8 Å². The van der Waals surface area contributed by atoms with E-state index in [0.29, 0.717) is 25.4 Å². The molecule has 5 nitrogen and oxygen atoms in total. The summed E-state index contributed by atoms with van der Waals surface area (Å²) >= 11 is 1.65. The van der Waals surface area contributed by atoms with E-state index in [1.807, 2.05) is 13.0 Å². The summed E-state index contributed by atoms with van der Waals surface area (Å²) in [5.74, 6) is 0.499. The molecule has 0 aliphatic carbocycles. The van der Waals surface area contributed by atoms with Crippen molar-refractivity contribution in [2.24, 2.45) is 0 Å². The highest BCUT2D eigenvalue weighted by Gasteiger charge is 2.53. The quantitative estimate of drug-likeness (QED) is 0.0657. The van der Waals surface area contributed by atoms with Gasteiger partial charge in [0, 0.05) is 0 Å². The summed E-state index contributed by atoms with van der Waals surface area (Å²) < 4.78 is 29.1. The third-order valence-corrected chi connectivity index (χ3v) is 21.2. The summed E-state index contributed by atoms with van der Waals surface area (Å²) in [6, 6.07) is 32.0. The average molecular weight is 817 g/mol. The Bertz CT molecular complexity index is 1640. The van der Waals surface area contributed by atoms with Crippen LogP contribution in [-0.4, -0.2) is 65.0 Å². The number of aliphatic hydroxyl groups excluding tert-OH is 1. The highest BCUT2D eigenvalue weighted by atomic mass is 32.2. The maximum atomic E-state index is 10.0. The normalized spacial score (nSPS) is 16.1. The maximum Gasteiger partial charge on any atom is 0.262 e. The summed E-state index contributed by atoms with van der Waals surface area (Å²) in [7, 11) is -5.19. The molecule has 0 heterocycles. The lowest BCUT2D eigenvalue weighted by Crippen LogP contribution is -2.69. The maximum absolute atomic E-state index is 10.0. The van der Waals surface area contributed by atoms with Gasteiger partial charge < -0.3 is 23.4 Å². The minimum absolute atomic E-state index is 0.00831. The Hall–Kier alpha value is -2.54. The molecule has 0 saturated heterocycles. The van der Waals surface area contributed by atoms with Crippen LogP contribution in [0.3, 0.4) is 0 Å². The van der Waals surface area contributed by atoms with Crippen molar-refractivity contribution in [3.63, 3.8) is 0 Å². The Kier molecular flexibility index (Phi) is 18.8. The molecule has 4 atom stereocenters. The number of hydrogen-bond donors (Lipinski definition) is 1. The van der Waals surface area contributed by atoms with Gasteiger partial charge in [-0.1, -0.05) is 156 Å². The molecule has 0 saturated carbocycles. The van der Waals surface area contributed by atoms with Crippen LogP contribution < -0.4 is 10.4 Å². The Morgan fingerprint density at radius 3 is 1.71 bits per heavy atom. The molecule has 0 spiro atoms. The van der Waals surface area contributed by atoms with E-state index in [1.165, 1.54) is 15.9 Å². The lowest BCUT2D eigenvalue weighted by Gasteiger charge is -2.47. The molecule has 3 rings (SSSR count). The Morgan fingerprint density at radius 1 is 0.714 bits per heavy atom. The monoisotopic (exact) mass is 816 g/mol. The highest BCUT2D eigenvalue weighted by molar-refractivity contribution is 7.98. The van der Waals surface area contributed by atoms with Gasteiger partial charge in [0.25, 0.3) is 8.32 Å². The van der Waals surface area contributed by atoms with Gasteiger partial charge in [-0.2, -0.15) is 0 Å². The smallest absolute Gasteiger partial charge is 0.262 e. The first-order chi connectivity index (χ1) is 26.4. The fourth-order valence-corrected chi connectivity index (χ4v) is 13.1. The molecule has 0 bridgehead atoms. The first kappa shape index (κ1) is 47.8. The molecular weight excluding hydrogens is 745 g/mol. The molecule has 8 heteroatoms. The fraction of sp³-hybridized carbons (Fsp3) is 0.500. The average Bonchev–Trinajstić information content (AvgIpc) is 3.17. The zero-order valence-corrected chi connectivity index (χ0v) is 39.5. The molecule has 56 heavy (non-hydrogen) atoms. The van der Waals surface area contributed by atoms with Crippen molar-refractivity contribution in [3.05, 3.63) is 132 Å². The van der Waals surface area contributed by atoms with Gasteiger partial charge in [0.15, 0.2) is 8.32 Å². The van der Waals surface area contributed by atoms with E-state index in [4.69, 9.17) is 18.3 Å². The summed E-state index contributed by atoms with van der Waals surface area (Å²) in [5.41, 5.74) is 4.30. The molecule has 0 aromatic heterocycles. The minimum Gasteiger partial charge on any atom is -0.410 e. The molecule has 0 radical (unpaired) electrons. The van der Waals surface area contributed by atoms with Crippen LogP contribution in [0, 0.1) is 0 Å². The molecule has 308 valence electrons. The van der Waals surface area contributed by atoms with Gasteiger partial charge in [-0.3, -0.25) is 0 Å². The molecule has 0 aliphatic rings. The molecular formula is C48H72O5SSi2. The topological polar surface area (TPSA) is 57.2 Å². The first-order valence-corrected chi connectivity index (χ1v) is 26.4. The third kappa shape index (κ3) is 13.0. The highest BCUT2D eigenvalue weighted by Crippen LogP contribution is 2.41. The molecule has 3 aromatic carbocycles. The summed E-state index contributed by atoms with van der Waals surface area (Å²) in [6.45, 7) is 27.4. The lowest BCUT2D eigenvalue weighted by atomic mass is 9.96. The standard InChI is InChI=1S/C48H72O5SSi2/c1-14-38(3)43(52-55(12,13)47(5,6)7)33-31-39(4)45(53-56(48(8,9)10,41-26-20-16-21-27-41)42-28-22-17-23-29-42)46(50-35-40-24-18-15-19-25-40)44(51-36-54-11)32-30-37(2)34-49/h14-31,43-46,49H,32-36H2,1-13H3/b37-30-,38-14-,39-31+. The van der Waals surface area contributed by atoms with Crippen LogP contribution in [0.15, 0.2) is 126 Å². The zero-order valence-electron chi connectivity index (χ0n) is 36.7. The van der Waals surface area contributed by atoms with Crippen LogP contribution in [0.4, 0.5) is 0 Å². The van der Waals surface area contributed by atoms with Crippen molar-refractivity contribution in [3.8, 4) is 0 Å². The van der Waals surface area contributed by atoms with Gasteiger partial charge >= 0.3 is 0 Å². The Balaban J connectivity index is 2.38. The van der Waals surface area contributed by atoms with Gasteiger partial charge in [-0.15, -0.1) is 11.8 Å². The predicted octanol–water partition coefficient (Wildman–Crippen LogP) is 11.2. The molecule has 0 aliphatic heterocycles. The SMILES string of the molecule is C/C=C(/C)C(C/C=C(\C)C(O[Si](c1ccccc1)(c1ccccc1)C(C)(C)C)C(OCc1ccccc1)C(C/C=C(/C)CO)OCSC)O[Si](C)(C)C(C)(C)C. The van der Waals surface area contributed by atoms with Crippen LogP contribution in [0.25, 0.3) is 0 Å². The molecule has 1 N–H and O–H groups in total. The number of ether oxygens (including phenoxy) is 2. The van der Waals surface area contributed by atoms with E-state index in [-0.39, 0.29) is 28.9 Å². The summed E-state index contributed by atoms with van der Waals surface area (Å²) in [4.78, 5) is 0. The van der Waals surface area contributed by atoms with Crippen molar-refractivity contribution in [2.45, 2.75) is 136 Å². The van der Waals surface area contributed by atoms with Crippen LogP contribution in [0.1, 0.15) is 87.6 Å². The predicted molar refractivity (Wildman–Crippen MR) is 246 cm³/mol. The number of hydrogen-bond acceptors (Lipinski definition) is 6. The number of aliphatic hydroxyl groups is 1. The minimum atomic E-state index is -3.10. The van der Waals surface area contributed by atoms with E-state index >= 15 is 0 Å². The number of thioether (sulfide) groups is 1.